The first-order valence-electron chi connectivity index (χ1n) is 7.42. The fraction of sp³-hybridized carbons (Fsp3) is 0.588. The van der Waals surface area contributed by atoms with Crippen molar-refractivity contribution < 1.29 is 4.79 Å². The Morgan fingerprint density at radius 1 is 1.10 bits per heavy atom. The smallest absolute Gasteiger partial charge is 0.236 e. The molecule has 2 atom stereocenters. The standard InChI is InChI=1S/C17H28N2O/c1-11(2)10-18-17(20)15(6)19-14(5)16-8-7-12(3)13(4)9-16/h7-9,11,14-15,19H,10H2,1-6H3,(H,18,20). The molecule has 3 heteroatoms. The monoisotopic (exact) mass is 276 g/mol. The molecule has 2 unspecified atom stereocenters. The zero-order valence-corrected chi connectivity index (χ0v) is 13.6. The minimum Gasteiger partial charge on any atom is -0.354 e. The van der Waals surface area contributed by atoms with Crippen LogP contribution in [0.2, 0.25) is 0 Å². The summed E-state index contributed by atoms with van der Waals surface area (Å²) in [6.07, 6.45) is 0. The number of carbonyl (C=O) groups excluding carboxylic acids is 1. The molecule has 0 fully saturated rings. The maximum absolute atomic E-state index is 12.0. The summed E-state index contributed by atoms with van der Waals surface area (Å²) < 4.78 is 0. The van der Waals surface area contributed by atoms with Gasteiger partial charge in [-0.25, -0.2) is 0 Å². The third-order valence-corrected chi connectivity index (χ3v) is 3.61. The van der Waals surface area contributed by atoms with Gasteiger partial charge >= 0.3 is 0 Å². The van der Waals surface area contributed by atoms with E-state index in [9.17, 15) is 4.79 Å². The first-order chi connectivity index (χ1) is 9.31. The molecule has 0 aromatic heterocycles. The lowest BCUT2D eigenvalue weighted by molar-refractivity contribution is -0.123. The van der Waals surface area contributed by atoms with Crippen LogP contribution in [0.15, 0.2) is 18.2 Å². The molecule has 0 bridgehead atoms. The van der Waals surface area contributed by atoms with Gasteiger partial charge in [0.25, 0.3) is 0 Å². The molecular formula is C17H28N2O. The summed E-state index contributed by atoms with van der Waals surface area (Å²) >= 11 is 0. The highest BCUT2D eigenvalue weighted by Gasteiger charge is 2.16. The Labute approximate surface area is 123 Å². The third kappa shape index (κ3) is 4.97. The van der Waals surface area contributed by atoms with Crippen molar-refractivity contribution in [1.29, 1.82) is 0 Å². The molecule has 0 saturated carbocycles. The highest BCUT2D eigenvalue weighted by molar-refractivity contribution is 5.81. The zero-order chi connectivity index (χ0) is 15.3. The SMILES string of the molecule is Cc1ccc(C(C)NC(C)C(=O)NCC(C)C)cc1C. The molecule has 3 nitrogen and oxygen atoms in total. The summed E-state index contributed by atoms with van der Waals surface area (Å²) in [4.78, 5) is 12.0. The van der Waals surface area contributed by atoms with Crippen LogP contribution in [0.1, 0.15) is 50.4 Å². The first kappa shape index (κ1) is 16.7. The van der Waals surface area contributed by atoms with Gasteiger partial charge in [-0.15, -0.1) is 0 Å². The summed E-state index contributed by atoms with van der Waals surface area (Å²) in [5, 5.41) is 6.31. The molecule has 0 radical (unpaired) electrons. The minimum absolute atomic E-state index is 0.0642. The van der Waals surface area contributed by atoms with Gasteiger partial charge in [-0.05, 0) is 50.3 Å². The average molecular weight is 276 g/mol. The molecule has 1 rings (SSSR count). The van der Waals surface area contributed by atoms with Crippen molar-refractivity contribution >= 4 is 5.91 Å². The van der Waals surface area contributed by atoms with Gasteiger partial charge in [-0.2, -0.15) is 0 Å². The highest BCUT2D eigenvalue weighted by Crippen LogP contribution is 2.17. The number of amides is 1. The maximum Gasteiger partial charge on any atom is 0.236 e. The molecule has 1 aromatic rings. The molecule has 0 heterocycles. The predicted molar refractivity (Wildman–Crippen MR) is 84.8 cm³/mol. The van der Waals surface area contributed by atoms with Gasteiger partial charge in [0.15, 0.2) is 0 Å². The van der Waals surface area contributed by atoms with Gasteiger partial charge in [-0.3, -0.25) is 10.1 Å². The van der Waals surface area contributed by atoms with Crippen LogP contribution in [0.5, 0.6) is 0 Å². The summed E-state index contributed by atoms with van der Waals surface area (Å²) in [6, 6.07) is 6.41. The minimum atomic E-state index is -0.189. The average Bonchev–Trinajstić information content (AvgIpc) is 2.38. The Bertz CT molecular complexity index is 454. The summed E-state index contributed by atoms with van der Waals surface area (Å²) in [5.41, 5.74) is 3.80. The normalized spacial score (nSPS) is 14.2. The lowest BCUT2D eigenvalue weighted by Crippen LogP contribution is -2.44. The predicted octanol–water partition coefficient (Wildman–Crippen LogP) is 3.11. The van der Waals surface area contributed by atoms with E-state index in [-0.39, 0.29) is 18.0 Å². The fourth-order valence-corrected chi connectivity index (χ4v) is 2.04. The topological polar surface area (TPSA) is 41.1 Å². The van der Waals surface area contributed by atoms with E-state index in [1.165, 1.54) is 16.7 Å². The van der Waals surface area contributed by atoms with Gasteiger partial charge in [0.1, 0.15) is 0 Å². The van der Waals surface area contributed by atoms with E-state index in [0.29, 0.717) is 5.92 Å². The van der Waals surface area contributed by atoms with Crippen LogP contribution in [-0.2, 0) is 4.79 Å². The Morgan fingerprint density at radius 2 is 1.75 bits per heavy atom. The van der Waals surface area contributed by atoms with E-state index < -0.39 is 0 Å². The lowest BCUT2D eigenvalue weighted by Gasteiger charge is -2.21. The zero-order valence-electron chi connectivity index (χ0n) is 13.6. The van der Waals surface area contributed by atoms with E-state index in [1.807, 2.05) is 6.92 Å². The van der Waals surface area contributed by atoms with Gasteiger partial charge in [0.2, 0.25) is 5.91 Å². The van der Waals surface area contributed by atoms with Gasteiger partial charge < -0.3 is 5.32 Å². The van der Waals surface area contributed by atoms with Crippen LogP contribution in [0.4, 0.5) is 0 Å². The molecule has 0 aliphatic carbocycles. The van der Waals surface area contributed by atoms with E-state index in [2.05, 4.69) is 63.5 Å². The molecule has 0 aliphatic rings. The molecule has 1 amide bonds. The summed E-state index contributed by atoms with van der Waals surface area (Å²) in [7, 11) is 0. The number of hydrogen-bond donors (Lipinski definition) is 2. The van der Waals surface area contributed by atoms with Crippen molar-refractivity contribution in [2.45, 2.75) is 53.6 Å². The van der Waals surface area contributed by atoms with Crippen molar-refractivity contribution in [1.82, 2.24) is 10.6 Å². The van der Waals surface area contributed by atoms with Crippen molar-refractivity contribution in [3.63, 3.8) is 0 Å². The van der Waals surface area contributed by atoms with Gasteiger partial charge in [0, 0.05) is 12.6 Å². The summed E-state index contributed by atoms with van der Waals surface area (Å²) in [5.74, 6) is 0.540. The Morgan fingerprint density at radius 3 is 2.30 bits per heavy atom. The van der Waals surface area contributed by atoms with Gasteiger partial charge in [-0.1, -0.05) is 32.0 Å². The maximum atomic E-state index is 12.0. The number of nitrogens with one attached hydrogen (secondary N) is 2. The first-order valence-corrected chi connectivity index (χ1v) is 7.42. The third-order valence-electron chi connectivity index (χ3n) is 3.61. The van der Waals surface area contributed by atoms with Crippen LogP contribution in [-0.4, -0.2) is 18.5 Å². The van der Waals surface area contributed by atoms with Gasteiger partial charge in [0.05, 0.1) is 6.04 Å². The highest BCUT2D eigenvalue weighted by atomic mass is 16.2. The quantitative estimate of drug-likeness (QED) is 0.838. The molecule has 20 heavy (non-hydrogen) atoms. The number of aryl methyl sites for hydroxylation is 2. The van der Waals surface area contributed by atoms with Crippen LogP contribution in [0.3, 0.4) is 0 Å². The van der Waals surface area contributed by atoms with Crippen LogP contribution >= 0.6 is 0 Å². The fourth-order valence-electron chi connectivity index (χ4n) is 2.04. The second-order valence-corrected chi connectivity index (χ2v) is 6.09. The molecule has 0 spiro atoms. The second-order valence-electron chi connectivity index (χ2n) is 6.09. The van der Waals surface area contributed by atoms with Crippen molar-refractivity contribution in [3.8, 4) is 0 Å². The van der Waals surface area contributed by atoms with Crippen molar-refractivity contribution in [3.05, 3.63) is 34.9 Å². The molecular weight excluding hydrogens is 248 g/mol. The number of hydrogen-bond acceptors (Lipinski definition) is 2. The molecule has 0 saturated heterocycles. The number of benzene rings is 1. The van der Waals surface area contributed by atoms with E-state index >= 15 is 0 Å². The Kier molecular flexibility index (Phi) is 6.21. The van der Waals surface area contributed by atoms with Crippen LogP contribution in [0.25, 0.3) is 0 Å². The van der Waals surface area contributed by atoms with Crippen molar-refractivity contribution in [2.24, 2.45) is 5.92 Å². The Hall–Kier alpha value is -1.35. The van der Waals surface area contributed by atoms with E-state index in [0.717, 1.165) is 6.54 Å². The largest absolute Gasteiger partial charge is 0.354 e. The number of rotatable bonds is 6. The van der Waals surface area contributed by atoms with E-state index in [4.69, 9.17) is 0 Å². The van der Waals surface area contributed by atoms with Crippen LogP contribution in [0, 0.1) is 19.8 Å². The molecule has 112 valence electrons. The summed E-state index contributed by atoms with van der Waals surface area (Å²) in [6.45, 7) is 13.1. The lowest BCUT2D eigenvalue weighted by atomic mass is 10.0. The van der Waals surface area contributed by atoms with Crippen LogP contribution < -0.4 is 10.6 Å². The Balaban J connectivity index is 2.58. The number of carbonyl (C=O) groups is 1. The second kappa shape index (κ2) is 7.44. The molecule has 0 aliphatic heterocycles. The van der Waals surface area contributed by atoms with Crippen molar-refractivity contribution in [2.75, 3.05) is 6.54 Å². The molecule has 1 aromatic carbocycles. The van der Waals surface area contributed by atoms with E-state index in [1.54, 1.807) is 0 Å². The molecule has 2 N–H and O–H groups in total.